The number of hydrogen-bond acceptors (Lipinski definition) is 3. The Morgan fingerprint density at radius 1 is 1.29 bits per heavy atom. The molecule has 3 rings (SSSR count). The van der Waals surface area contributed by atoms with Crippen LogP contribution in [0.2, 0.25) is 0 Å². The summed E-state index contributed by atoms with van der Waals surface area (Å²) in [6.45, 7) is 4.61. The second-order valence-corrected chi connectivity index (χ2v) is 8.06. The van der Waals surface area contributed by atoms with Gasteiger partial charge in [-0.2, -0.15) is 0 Å². The monoisotopic (exact) mass is 312 g/mol. The van der Waals surface area contributed by atoms with Gasteiger partial charge in [0.05, 0.1) is 4.90 Å². The van der Waals surface area contributed by atoms with E-state index in [0.717, 1.165) is 0 Å². The normalized spacial score (nSPS) is 33.5. The number of hydrogen-bond donors (Lipinski definition) is 1. The van der Waals surface area contributed by atoms with E-state index < -0.39 is 22.4 Å². The van der Waals surface area contributed by atoms with Crippen LogP contribution in [0.25, 0.3) is 0 Å². The van der Waals surface area contributed by atoms with Gasteiger partial charge >= 0.3 is 0 Å². The van der Waals surface area contributed by atoms with Crippen molar-refractivity contribution in [3.63, 3.8) is 0 Å². The van der Waals surface area contributed by atoms with Crippen LogP contribution in [-0.2, 0) is 10.0 Å². The molecule has 2 bridgehead atoms. The number of aliphatic hydroxyl groups is 3. The second-order valence-electron chi connectivity index (χ2n) is 6.21. The molecule has 21 heavy (non-hydrogen) atoms. The molecule has 1 aromatic rings. The van der Waals surface area contributed by atoms with Gasteiger partial charge in [0.25, 0.3) is 6.23 Å². The topological polar surface area (TPSA) is 70.4 Å². The highest BCUT2D eigenvalue weighted by Crippen LogP contribution is 2.39. The summed E-state index contributed by atoms with van der Waals surface area (Å²) >= 11 is 0. The lowest BCUT2D eigenvalue weighted by molar-refractivity contribution is -0.164. The molecule has 0 aliphatic carbocycles. The third-order valence-electron chi connectivity index (χ3n) is 4.59. The van der Waals surface area contributed by atoms with Crippen LogP contribution in [0.1, 0.15) is 20.3 Å². The Kier molecular flexibility index (Phi) is 3.81. The number of benzene rings is 1. The zero-order valence-electron chi connectivity index (χ0n) is 12.3. The molecule has 0 spiro atoms. The van der Waals surface area contributed by atoms with E-state index in [-0.39, 0.29) is 16.9 Å². The summed E-state index contributed by atoms with van der Waals surface area (Å²) in [6, 6.07) is 8.27. The van der Waals surface area contributed by atoms with Crippen LogP contribution in [0, 0.1) is 11.8 Å². The van der Waals surface area contributed by atoms with Crippen molar-refractivity contribution in [1.29, 1.82) is 0 Å². The SMILES string of the molecule is CC(C)[C@@H]1C[C@H]2C[OH+][C@@H]([C@H]1O)N2S(=O)(=O)c1ccccc1. The molecule has 2 aliphatic rings. The number of nitrogens with zero attached hydrogens (tertiary/aromatic N) is 1. The van der Waals surface area contributed by atoms with E-state index in [4.69, 9.17) is 0 Å². The lowest BCUT2D eigenvalue weighted by Crippen LogP contribution is -2.56. The molecule has 5 nitrogen and oxygen atoms in total. The van der Waals surface area contributed by atoms with E-state index in [0.29, 0.717) is 18.9 Å². The summed E-state index contributed by atoms with van der Waals surface area (Å²) in [4.78, 5) is 0.271. The minimum absolute atomic E-state index is 0.105. The van der Waals surface area contributed by atoms with Gasteiger partial charge in [-0.25, -0.2) is 8.42 Å². The summed E-state index contributed by atoms with van der Waals surface area (Å²) in [5, 5.41) is 10.5. The van der Waals surface area contributed by atoms with Crippen LogP contribution in [0.5, 0.6) is 0 Å². The van der Waals surface area contributed by atoms with Gasteiger partial charge in [0.2, 0.25) is 10.0 Å². The van der Waals surface area contributed by atoms with Gasteiger partial charge in [-0.05, 0) is 30.4 Å². The van der Waals surface area contributed by atoms with Crippen molar-refractivity contribution in [2.45, 2.75) is 43.5 Å². The Morgan fingerprint density at radius 3 is 2.57 bits per heavy atom. The number of fused-ring (bicyclic) bond motifs is 2. The molecule has 0 aromatic heterocycles. The first-order chi connectivity index (χ1) is 9.93. The smallest absolute Gasteiger partial charge is 0.254 e. The maximum absolute atomic E-state index is 12.8. The number of piperidine rings is 1. The Morgan fingerprint density at radius 2 is 1.95 bits per heavy atom. The van der Waals surface area contributed by atoms with Crippen molar-refractivity contribution in [2.75, 3.05) is 6.61 Å². The van der Waals surface area contributed by atoms with Crippen LogP contribution < -0.4 is 0 Å². The first kappa shape index (κ1) is 15.0. The van der Waals surface area contributed by atoms with Crippen molar-refractivity contribution in [3.8, 4) is 0 Å². The van der Waals surface area contributed by atoms with E-state index in [2.05, 4.69) is 18.6 Å². The summed E-state index contributed by atoms with van der Waals surface area (Å²) in [5.74, 6) is 0.424. The van der Waals surface area contributed by atoms with Crippen molar-refractivity contribution >= 4 is 10.0 Å². The fraction of sp³-hybridized carbons (Fsp3) is 0.600. The van der Waals surface area contributed by atoms with E-state index in [1.807, 2.05) is 0 Å². The zero-order valence-corrected chi connectivity index (χ0v) is 13.1. The molecule has 2 N–H and O–H groups in total. The molecule has 1 aromatic carbocycles. The van der Waals surface area contributed by atoms with Crippen LogP contribution in [0.15, 0.2) is 35.2 Å². The van der Waals surface area contributed by atoms with E-state index in [9.17, 15) is 13.5 Å². The molecular formula is C15H22NO4S+. The molecule has 116 valence electrons. The maximum Gasteiger partial charge on any atom is 0.254 e. The largest absolute Gasteiger partial charge is 0.415 e. The average Bonchev–Trinajstić information content (AvgIpc) is 2.82. The van der Waals surface area contributed by atoms with Gasteiger partial charge in [0, 0.05) is 0 Å². The lowest BCUT2D eigenvalue weighted by Gasteiger charge is -2.37. The molecular weight excluding hydrogens is 290 g/mol. The summed E-state index contributed by atoms with van der Waals surface area (Å²) in [6.07, 6.45) is -0.686. The third kappa shape index (κ3) is 2.40. The number of ether oxygens (including phenoxy) is 1. The minimum atomic E-state index is -3.60. The average molecular weight is 312 g/mol. The van der Waals surface area contributed by atoms with Gasteiger partial charge in [-0.3, -0.25) is 0 Å². The molecule has 4 atom stereocenters. The van der Waals surface area contributed by atoms with E-state index in [1.54, 1.807) is 30.3 Å². The quantitative estimate of drug-likeness (QED) is 0.845. The lowest BCUT2D eigenvalue weighted by atomic mass is 9.82. The van der Waals surface area contributed by atoms with Crippen LogP contribution in [0.3, 0.4) is 0 Å². The highest BCUT2D eigenvalue weighted by Gasteiger charge is 2.57. The maximum atomic E-state index is 12.8. The fourth-order valence-corrected chi connectivity index (χ4v) is 5.20. The number of rotatable bonds is 3. The second kappa shape index (κ2) is 5.35. The van der Waals surface area contributed by atoms with Gasteiger partial charge in [0.15, 0.2) is 6.61 Å². The molecule has 2 fully saturated rings. The molecule has 2 heterocycles. The molecule has 2 aliphatic heterocycles. The van der Waals surface area contributed by atoms with E-state index >= 15 is 0 Å². The standard InChI is InChI=1S/C15H21NO4S/c1-10(2)13-8-11-9-20-15(14(13)17)16(11)21(18,19)12-6-4-3-5-7-12/h3-7,10-11,13-15,17H,8-9H2,1-2H3/p+1/t11-,13-,14-,15-/m0/s1. The first-order valence-corrected chi connectivity index (χ1v) is 8.80. The van der Waals surface area contributed by atoms with Crippen molar-refractivity contribution in [3.05, 3.63) is 30.3 Å². The summed E-state index contributed by atoms with van der Waals surface area (Å²) in [7, 11) is -3.60. The van der Waals surface area contributed by atoms with Gasteiger partial charge < -0.3 is 9.84 Å². The molecule has 6 heteroatoms. The van der Waals surface area contributed by atoms with Gasteiger partial charge in [-0.1, -0.05) is 32.0 Å². The highest BCUT2D eigenvalue weighted by molar-refractivity contribution is 7.89. The van der Waals surface area contributed by atoms with Crippen molar-refractivity contribution in [1.82, 2.24) is 4.31 Å². The Hall–Kier alpha value is -0.950. The van der Waals surface area contributed by atoms with Crippen LogP contribution in [0.4, 0.5) is 0 Å². The molecule has 2 saturated heterocycles. The zero-order chi connectivity index (χ0) is 15.2. The predicted octanol–water partition coefficient (Wildman–Crippen LogP) is 0.950. The van der Waals surface area contributed by atoms with E-state index in [1.165, 1.54) is 4.31 Å². The molecule has 0 amide bonds. The number of aliphatic hydroxyl groups excluding tert-OH is 1. The van der Waals surface area contributed by atoms with Crippen molar-refractivity contribution < 1.29 is 18.3 Å². The Bertz CT molecular complexity index is 601. The summed E-state index contributed by atoms with van der Waals surface area (Å²) in [5.41, 5.74) is 0. The van der Waals surface area contributed by atoms with Gasteiger partial charge in [0.1, 0.15) is 12.1 Å². The number of sulfonamides is 1. The Labute approximate surface area is 125 Å². The fourth-order valence-electron chi connectivity index (χ4n) is 3.44. The Balaban J connectivity index is 1.95. The molecule has 0 saturated carbocycles. The summed E-state index contributed by atoms with van der Waals surface area (Å²) < 4.78 is 31.5. The van der Waals surface area contributed by atoms with Gasteiger partial charge in [-0.15, -0.1) is 4.31 Å². The van der Waals surface area contributed by atoms with Crippen LogP contribution in [-0.4, -0.2) is 47.5 Å². The first-order valence-electron chi connectivity index (χ1n) is 7.36. The third-order valence-corrected chi connectivity index (χ3v) is 6.52. The minimum Gasteiger partial charge on any atom is -0.415 e. The predicted molar refractivity (Wildman–Crippen MR) is 79.1 cm³/mol. The van der Waals surface area contributed by atoms with Crippen LogP contribution >= 0.6 is 0 Å². The van der Waals surface area contributed by atoms with Crippen molar-refractivity contribution in [2.24, 2.45) is 11.8 Å². The molecule has 0 unspecified atom stereocenters. The highest BCUT2D eigenvalue weighted by atomic mass is 32.2. The molecule has 0 radical (unpaired) electrons.